The molecule has 1 aliphatic heterocycles. The number of likely N-dealkylation sites (N-methyl/N-ethyl adjacent to an activating group) is 1. The number of benzene rings is 1. The first-order valence-corrected chi connectivity index (χ1v) is 7.34. The maximum Gasteiger partial charge on any atom is 0.269 e. The van der Waals surface area contributed by atoms with Crippen molar-refractivity contribution in [2.24, 2.45) is 0 Å². The van der Waals surface area contributed by atoms with Crippen LogP contribution in [0.15, 0.2) is 24.3 Å². The van der Waals surface area contributed by atoms with Gasteiger partial charge in [-0.15, -0.1) is 0 Å². The summed E-state index contributed by atoms with van der Waals surface area (Å²) in [6.45, 7) is 4.35. The van der Waals surface area contributed by atoms with Gasteiger partial charge in [-0.1, -0.05) is 12.1 Å². The first-order valence-electron chi connectivity index (χ1n) is 7.34. The number of non-ortho nitro benzene ring substituents is 1. The number of nitro benzene ring substituents is 1. The number of carbonyl (C=O) groups is 1. The van der Waals surface area contributed by atoms with Crippen LogP contribution < -0.4 is 5.32 Å². The van der Waals surface area contributed by atoms with Crippen molar-refractivity contribution in [2.75, 3.05) is 19.6 Å². The van der Waals surface area contributed by atoms with Crippen LogP contribution in [0.25, 0.3) is 0 Å². The molecule has 1 fully saturated rings. The fraction of sp³-hybridized carbons (Fsp3) is 0.533. The monoisotopic (exact) mass is 291 g/mol. The molecule has 1 saturated heterocycles. The van der Waals surface area contributed by atoms with E-state index in [9.17, 15) is 14.9 Å². The summed E-state index contributed by atoms with van der Waals surface area (Å²) < 4.78 is 0. The molecule has 21 heavy (non-hydrogen) atoms. The zero-order valence-corrected chi connectivity index (χ0v) is 12.2. The van der Waals surface area contributed by atoms with Crippen LogP contribution >= 0.6 is 0 Å². The van der Waals surface area contributed by atoms with Crippen molar-refractivity contribution in [1.82, 2.24) is 10.2 Å². The zero-order chi connectivity index (χ0) is 15.2. The second kappa shape index (κ2) is 7.17. The summed E-state index contributed by atoms with van der Waals surface area (Å²) in [5.41, 5.74) is 0.716. The van der Waals surface area contributed by atoms with Gasteiger partial charge in [0.1, 0.15) is 0 Å². The number of nitro groups is 1. The Morgan fingerprint density at radius 1 is 1.52 bits per heavy atom. The third kappa shape index (κ3) is 4.26. The van der Waals surface area contributed by atoms with Crippen molar-refractivity contribution in [2.45, 2.75) is 32.2 Å². The Balaban J connectivity index is 1.98. The molecule has 1 heterocycles. The van der Waals surface area contributed by atoms with Crippen molar-refractivity contribution in [3.05, 3.63) is 39.9 Å². The number of nitrogens with zero attached hydrogens (tertiary/aromatic N) is 2. The maximum atomic E-state index is 12.3. The predicted molar refractivity (Wildman–Crippen MR) is 80.1 cm³/mol. The van der Waals surface area contributed by atoms with Crippen LogP contribution in [0.4, 0.5) is 5.69 Å². The van der Waals surface area contributed by atoms with E-state index < -0.39 is 4.92 Å². The highest BCUT2D eigenvalue weighted by Crippen LogP contribution is 2.15. The summed E-state index contributed by atoms with van der Waals surface area (Å²) in [6.07, 6.45) is 2.46. The molecular weight excluding hydrogens is 270 g/mol. The minimum Gasteiger partial charge on any atom is -0.341 e. The van der Waals surface area contributed by atoms with E-state index in [1.54, 1.807) is 12.1 Å². The Morgan fingerprint density at radius 2 is 2.33 bits per heavy atom. The molecule has 1 aromatic carbocycles. The minimum atomic E-state index is -0.436. The number of nitrogens with one attached hydrogen (secondary N) is 1. The van der Waals surface area contributed by atoms with E-state index in [1.807, 2.05) is 11.8 Å². The Kier molecular flexibility index (Phi) is 5.27. The summed E-state index contributed by atoms with van der Waals surface area (Å²) in [5.74, 6) is 0.0201. The van der Waals surface area contributed by atoms with Gasteiger partial charge in [-0.3, -0.25) is 14.9 Å². The molecule has 1 amide bonds. The third-order valence-electron chi connectivity index (χ3n) is 3.81. The molecule has 0 saturated carbocycles. The second-order valence-electron chi connectivity index (χ2n) is 5.33. The van der Waals surface area contributed by atoms with Gasteiger partial charge < -0.3 is 10.2 Å². The largest absolute Gasteiger partial charge is 0.341 e. The summed E-state index contributed by atoms with van der Waals surface area (Å²) in [5, 5.41) is 14.1. The Labute approximate surface area is 124 Å². The lowest BCUT2D eigenvalue weighted by atomic mass is 10.1. The SMILES string of the molecule is CCN(CC1CCCN1)C(=O)Cc1cccc([N+](=O)[O-])c1. The highest BCUT2D eigenvalue weighted by atomic mass is 16.6. The molecule has 0 radical (unpaired) electrons. The average molecular weight is 291 g/mol. The molecular formula is C15H21N3O3. The molecule has 1 atom stereocenters. The van der Waals surface area contributed by atoms with E-state index in [2.05, 4.69) is 5.32 Å². The minimum absolute atomic E-state index is 0.0201. The smallest absolute Gasteiger partial charge is 0.269 e. The Hall–Kier alpha value is -1.95. The van der Waals surface area contributed by atoms with E-state index in [-0.39, 0.29) is 18.0 Å². The molecule has 0 bridgehead atoms. The molecule has 1 aromatic rings. The van der Waals surface area contributed by atoms with Crippen molar-refractivity contribution >= 4 is 11.6 Å². The van der Waals surface area contributed by atoms with Crippen LogP contribution in [0.5, 0.6) is 0 Å². The van der Waals surface area contributed by atoms with Crippen LogP contribution in [0.3, 0.4) is 0 Å². The second-order valence-corrected chi connectivity index (χ2v) is 5.33. The van der Waals surface area contributed by atoms with Crippen molar-refractivity contribution in [1.29, 1.82) is 0 Å². The van der Waals surface area contributed by atoms with Crippen molar-refractivity contribution < 1.29 is 9.72 Å². The van der Waals surface area contributed by atoms with E-state index in [4.69, 9.17) is 0 Å². The van der Waals surface area contributed by atoms with E-state index in [1.165, 1.54) is 12.1 Å². The standard InChI is InChI=1S/C15H21N3O3/c1-2-17(11-13-6-4-8-16-13)15(19)10-12-5-3-7-14(9-12)18(20)21/h3,5,7,9,13,16H,2,4,6,8,10-11H2,1H3. The molecule has 1 N–H and O–H groups in total. The lowest BCUT2D eigenvalue weighted by Gasteiger charge is -2.24. The van der Waals surface area contributed by atoms with Gasteiger partial charge in [0.25, 0.3) is 5.69 Å². The van der Waals surface area contributed by atoms with Crippen molar-refractivity contribution in [3.63, 3.8) is 0 Å². The molecule has 6 nitrogen and oxygen atoms in total. The number of rotatable bonds is 6. The molecule has 2 rings (SSSR count). The van der Waals surface area contributed by atoms with Gasteiger partial charge in [0, 0.05) is 31.3 Å². The van der Waals surface area contributed by atoms with Crippen LogP contribution in [0.2, 0.25) is 0 Å². The number of carbonyl (C=O) groups excluding carboxylic acids is 1. The summed E-state index contributed by atoms with van der Waals surface area (Å²) in [7, 11) is 0. The normalized spacial score (nSPS) is 17.7. The fourth-order valence-corrected chi connectivity index (χ4v) is 2.65. The van der Waals surface area contributed by atoms with E-state index in [0.717, 1.165) is 19.4 Å². The zero-order valence-electron chi connectivity index (χ0n) is 12.2. The molecule has 6 heteroatoms. The summed E-state index contributed by atoms with van der Waals surface area (Å²) in [6, 6.07) is 6.66. The molecule has 0 spiro atoms. The summed E-state index contributed by atoms with van der Waals surface area (Å²) in [4.78, 5) is 24.5. The lowest BCUT2D eigenvalue weighted by molar-refractivity contribution is -0.384. The molecule has 1 unspecified atom stereocenters. The molecule has 0 aromatic heterocycles. The van der Waals surface area contributed by atoms with Gasteiger partial charge in [0.05, 0.1) is 11.3 Å². The topological polar surface area (TPSA) is 75.5 Å². The highest BCUT2D eigenvalue weighted by molar-refractivity contribution is 5.79. The number of amides is 1. The van der Waals surface area contributed by atoms with Crippen LogP contribution in [0, 0.1) is 10.1 Å². The van der Waals surface area contributed by atoms with E-state index in [0.29, 0.717) is 24.7 Å². The van der Waals surface area contributed by atoms with Crippen LogP contribution in [0.1, 0.15) is 25.3 Å². The van der Waals surface area contributed by atoms with Gasteiger partial charge in [-0.2, -0.15) is 0 Å². The fourth-order valence-electron chi connectivity index (χ4n) is 2.65. The maximum absolute atomic E-state index is 12.3. The summed E-state index contributed by atoms with van der Waals surface area (Å²) >= 11 is 0. The van der Waals surface area contributed by atoms with Gasteiger partial charge in [0.15, 0.2) is 0 Å². The third-order valence-corrected chi connectivity index (χ3v) is 3.81. The number of hydrogen-bond acceptors (Lipinski definition) is 4. The quantitative estimate of drug-likeness (QED) is 0.640. The molecule has 0 aliphatic carbocycles. The first-order chi connectivity index (χ1) is 10.1. The molecule has 1 aliphatic rings. The highest BCUT2D eigenvalue weighted by Gasteiger charge is 2.20. The Bertz CT molecular complexity index is 513. The Morgan fingerprint density at radius 3 is 2.95 bits per heavy atom. The van der Waals surface area contributed by atoms with Crippen LogP contribution in [-0.4, -0.2) is 41.4 Å². The molecule has 114 valence electrons. The number of hydrogen-bond donors (Lipinski definition) is 1. The van der Waals surface area contributed by atoms with Gasteiger partial charge >= 0.3 is 0 Å². The van der Waals surface area contributed by atoms with Gasteiger partial charge in [-0.05, 0) is 31.9 Å². The van der Waals surface area contributed by atoms with Crippen LogP contribution in [-0.2, 0) is 11.2 Å². The van der Waals surface area contributed by atoms with Gasteiger partial charge in [-0.25, -0.2) is 0 Å². The predicted octanol–water partition coefficient (Wildman–Crippen LogP) is 1.74. The lowest BCUT2D eigenvalue weighted by Crippen LogP contribution is -2.41. The van der Waals surface area contributed by atoms with E-state index >= 15 is 0 Å². The van der Waals surface area contributed by atoms with Crippen molar-refractivity contribution in [3.8, 4) is 0 Å². The van der Waals surface area contributed by atoms with Gasteiger partial charge in [0.2, 0.25) is 5.91 Å². The first kappa shape index (κ1) is 15.4. The average Bonchev–Trinajstić information content (AvgIpc) is 2.97.